The van der Waals surface area contributed by atoms with Crippen molar-refractivity contribution < 1.29 is 0 Å². The lowest BCUT2D eigenvalue weighted by Crippen LogP contribution is -2.10. The summed E-state index contributed by atoms with van der Waals surface area (Å²) >= 11 is 0. The maximum Gasteiger partial charge on any atom is 0.140 e. The highest BCUT2D eigenvalue weighted by molar-refractivity contribution is 6.11. The van der Waals surface area contributed by atoms with Crippen LogP contribution in [0.4, 0.5) is 0 Å². The summed E-state index contributed by atoms with van der Waals surface area (Å²) in [6.45, 7) is 13.7. The van der Waals surface area contributed by atoms with Gasteiger partial charge in [0.25, 0.3) is 0 Å². The standard InChI is InChI=1S/C82H64N6/c1-81(2,3)61-39-41-77-67(51-61)65-35-21-23-37-75(65)87(77)79-49-58(50-80(86-79)88-76-38-24-22-36-66(76)68-52-62(82(4,5)6)40-42-78(68)88)64-34-20-19-33-63(64)57-43-73(59-45-69(53-25-11-7-12-26-53)83-70(46-59)54-27-13-8-14-28-54)85-74(44-57)60-47-71(55-29-15-9-16-30-55)84-72(48-60)56-31-17-10-18-32-56/h7-52H,1-6H3. The Morgan fingerprint density at radius 2 is 0.511 bits per heavy atom. The highest BCUT2D eigenvalue weighted by Gasteiger charge is 2.24. The normalized spacial score (nSPS) is 12.0. The van der Waals surface area contributed by atoms with Crippen LogP contribution in [0, 0.1) is 0 Å². The summed E-state index contributed by atoms with van der Waals surface area (Å²) in [6.07, 6.45) is 0. The van der Waals surface area contributed by atoms with Crippen LogP contribution in [-0.2, 0) is 10.8 Å². The van der Waals surface area contributed by atoms with Crippen LogP contribution in [0.25, 0.3) is 145 Å². The van der Waals surface area contributed by atoms with E-state index < -0.39 is 0 Å². The van der Waals surface area contributed by atoms with Crippen molar-refractivity contribution in [3.63, 3.8) is 0 Å². The van der Waals surface area contributed by atoms with E-state index in [0.29, 0.717) is 0 Å². The predicted octanol–water partition coefficient (Wildman–Crippen LogP) is 21.4. The van der Waals surface area contributed by atoms with Crippen LogP contribution >= 0.6 is 0 Å². The van der Waals surface area contributed by atoms with E-state index in [4.69, 9.17) is 19.9 Å². The molecule has 6 heterocycles. The molecule has 0 spiro atoms. The molecule has 6 aromatic heterocycles. The monoisotopic (exact) mass is 1130 g/mol. The van der Waals surface area contributed by atoms with Crippen molar-refractivity contribution in [2.75, 3.05) is 0 Å². The molecule has 15 aromatic rings. The first kappa shape index (κ1) is 53.9. The van der Waals surface area contributed by atoms with Crippen LogP contribution in [-0.4, -0.2) is 29.1 Å². The van der Waals surface area contributed by atoms with Gasteiger partial charge >= 0.3 is 0 Å². The number of pyridine rings is 4. The van der Waals surface area contributed by atoms with E-state index in [1.807, 2.05) is 24.3 Å². The van der Waals surface area contributed by atoms with Crippen molar-refractivity contribution in [1.29, 1.82) is 0 Å². The fourth-order valence-electron chi connectivity index (χ4n) is 12.6. The van der Waals surface area contributed by atoms with Crippen LogP contribution in [0.15, 0.2) is 279 Å². The molecular weight excluding hydrogens is 1070 g/mol. The molecule has 0 saturated heterocycles. The zero-order valence-corrected chi connectivity index (χ0v) is 50.2. The van der Waals surface area contributed by atoms with Gasteiger partial charge in [-0.25, -0.2) is 19.9 Å². The molecule has 9 aromatic carbocycles. The molecule has 0 amide bonds. The average Bonchev–Trinajstić information content (AvgIpc) is 3.08. The molecular formula is C82H64N6. The summed E-state index contributed by atoms with van der Waals surface area (Å²) in [5.74, 6) is 1.64. The molecule has 6 nitrogen and oxygen atoms in total. The van der Waals surface area contributed by atoms with Gasteiger partial charge in [-0.1, -0.05) is 236 Å². The van der Waals surface area contributed by atoms with Gasteiger partial charge in [-0.3, -0.25) is 9.13 Å². The molecule has 88 heavy (non-hydrogen) atoms. The van der Waals surface area contributed by atoms with Crippen LogP contribution in [0.1, 0.15) is 52.7 Å². The van der Waals surface area contributed by atoms with Crippen LogP contribution in [0.3, 0.4) is 0 Å². The summed E-state index contributed by atoms with van der Waals surface area (Å²) in [5, 5.41) is 4.77. The van der Waals surface area contributed by atoms with Gasteiger partial charge in [0.15, 0.2) is 0 Å². The number of hydrogen-bond donors (Lipinski definition) is 0. The number of hydrogen-bond acceptors (Lipinski definition) is 4. The van der Waals surface area contributed by atoms with Crippen molar-refractivity contribution in [2.45, 2.75) is 52.4 Å². The number of para-hydroxylation sites is 2. The van der Waals surface area contributed by atoms with Crippen molar-refractivity contribution in [3.05, 3.63) is 290 Å². The van der Waals surface area contributed by atoms with E-state index in [0.717, 1.165) is 124 Å². The highest BCUT2D eigenvalue weighted by Crippen LogP contribution is 2.43. The van der Waals surface area contributed by atoms with Crippen molar-refractivity contribution in [2.24, 2.45) is 0 Å². The fourth-order valence-corrected chi connectivity index (χ4v) is 12.6. The lowest BCUT2D eigenvalue weighted by atomic mass is 9.86. The second-order valence-corrected chi connectivity index (χ2v) is 25.1. The lowest BCUT2D eigenvalue weighted by Gasteiger charge is -2.20. The molecule has 0 aliphatic heterocycles. The molecule has 0 unspecified atom stereocenters. The first-order valence-electron chi connectivity index (χ1n) is 30.4. The van der Waals surface area contributed by atoms with E-state index in [1.54, 1.807) is 0 Å². The lowest BCUT2D eigenvalue weighted by molar-refractivity contribution is 0.591. The Kier molecular flexibility index (Phi) is 13.2. The van der Waals surface area contributed by atoms with Gasteiger partial charge < -0.3 is 0 Å². The first-order chi connectivity index (χ1) is 42.9. The third-order valence-corrected chi connectivity index (χ3v) is 17.2. The van der Waals surface area contributed by atoms with Crippen LogP contribution in [0.2, 0.25) is 0 Å². The minimum atomic E-state index is -0.0416. The Morgan fingerprint density at radius 3 is 0.864 bits per heavy atom. The van der Waals surface area contributed by atoms with Crippen molar-refractivity contribution in [3.8, 4) is 101 Å². The van der Waals surface area contributed by atoms with E-state index in [-0.39, 0.29) is 10.8 Å². The average molecular weight is 1130 g/mol. The molecule has 0 saturated carbocycles. The molecule has 0 fully saturated rings. The minimum absolute atomic E-state index is 0.0416. The quantitative estimate of drug-likeness (QED) is 0.137. The second-order valence-electron chi connectivity index (χ2n) is 25.1. The molecule has 0 bridgehead atoms. The topological polar surface area (TPSA) is 61.4 Å². The molecule has 0 radical (unpaired) electrons. The van der Waals surface area contributed by atoms with Gasteiger partial charge in [0.05, 0.1) is 56.2 Å². The summed E-state index contributed by atoms with van der Waals surface area (Å²) in [7, 11) is 0. The van der Waals surface area contributed by atoms with E-state index in [9.17, 15) is 0 Å². The second kappa shape index (κ2) is 21.6. The zero-order valence-electron chi connectivity index (χ0n) is 50.2. The molecule has 0 aliphatic rings. The van der Waals surface area contributed by atoms with Gasteiger partial charge in [0.1, 0.15) is 11.6 Å². The Morgan fingerprint density at radius 1 is 0.227 bits per heavy atom. The fraction of sp³-hybridized carbons (Fsp3) is 0.0976. The SMILES string of the molecule is CC(C)(C)c1ccc2c(c1)c1ccccc1n2-c1cc(-c2ccccc2-c2cc(-c3cc(-c4ccccc4)nc(-c4ccccc4)c3)nc(-c3cc(-c4ccccc4)nc(-c4ccccc4)c3)c2)cc(-n2c3ccccc3c3cc(C(C)(C)C)ccc32)n1. The summed E-state index contributed by atoms with van der Waals surface area (Å²) in [4.78, 5) is 22.2. The van der Waals surface area contributed by atoms with Gasteiger partial charge in [0.2, 0.25) is 0 Å². The van der Waals surface area contributed by atoms with Crippen LogP contribution in [0.5, 0.6) is 0 Å². The van der Waals surface area contributed by atoms with Crippen molar-refractivity contribution >= 4 is 43.6 Å². The zero-order chi connectivity index (χ0) is 59.7. The molecule has 6 heteroatoms. The number of rotatable bonds is 10. The maximum absolute atomic E-state index is 5.83. The highest BCUT2D eigenvalue weighted by atomic mass is 15.1. The van der Waals surface area contributed by atoms with Gasteiger partial charge in [-0.05, 0) is 129 Å². The molecule has 422 valence electrons. The van der Waals surface area contributed by atoms with Crippen molar-refractivity contribution in [1.82, 2.24) is 29.1 Å². The number of aromatic nitrogens is 6. The molecule has 15 rings (SSSR count). The van der Waals surface area contributed by atoms with E-state index >= 15 is 0 Å². The third kappa shape index (κ3) is 9.92. The Labute approximate surface area is 513 Å². The summed E-state index contributed by atoms with van der Waals surface area (Å²) < 4.78 is 4.74. The molecule has 0 atom stereocenters. The van der Waals surface area contributed by atoms with E-state index in [2.05, 4.69) is 305 Å². The summed E-state index contributed by atoms with van der Waals surface area (Å²) in [5.41, 5.74) is 22.1. The Balaban J connectivity index is 1.01. The Bertz CT molecular complexity index is 4730. The Hall–Kier alpha value is -10.8. The third-order valence-electron chi connectivity index (χ3n) is 17.2. The molecule has 0 N–H and O–H groups in total. The smallest absolute Gasteiger partial charge is 0.140 e. The van der Waals surface area contributed by atoms with Gasteiger partial charge in [-0.15, -0.1) is 0 Å². The predicted molar refractivity (Wildman–Crippen MR) is 367 cm³/mol. The maximum atomic E-state index is 5.83. The van der Waals surface area contributed by atoms with Gasteiger partial charge in [0, 0.05) is 54.9 Å². The van der Waals surface area contributed by atoms with Gasteiger partial charge in [-0.2, -0.15) is 0 Å². The first-order valence-corrected chi connectivity index (χ1v) is 30.4. The largest absolute Gasteiger partial charge is 0.294 e. The number of nitrogens with zero attached hydrogens (tertiary/aromatic N) is 6. The number of benzene rings is 9. The number of fused-ring (bicyclic) bond motifs is 6. The van der Waals surface area contributed by atoms with Crippen LogP contribution < -0.4 is 0 Å². The summed E-state index contributed by atoms with van der Waals surface area (Å²) in [6, 6.07) is 100.0. The van der Waals surface area contributed by atoms with E-state index in [1.165, 1.54) is 32.7 Å². The molecule has 0 aliphatic carbocycles. The minimum Gasteiger partial charge on any atom is -0.294 e.